The molecule has 1 saturated heterocycles. The average molecular weight is 442 g/mol. The van der Waals surface area contributed by atoms with Crippen molar-refractivity contribution < 1.29 is 9.53 Å². The second-order valence-electron chi connectivity index (χ2n) is 11.1. The number of hydrogen-bond donors (Lipinski definition) is 0. The Morgan fingerprint density at radius 2 is 1.94 bits per heavy atom. The Bertz CT molecular complexity index is 757. The zero-order chi connectivity index (χ0) is 22.6. The van der Waals surface area contributed by atoms with E-state index in [0.29, 0.717) is 17.9 Å². The molecule has 3 unspecified atom stereocenters. The number of nitrogens with zero attached hydrogens (tertiary/aromatic N) is 3. The number of ether oxygens (including phenoxy) is 1. The average Bonchev–Trinajstić information content (AvgIpc) is 2.79. The van der Waals surface area contributed by atoms with E-state index in [2.05, 4.69) is 41.8 Å². The van der Waals surface area contributed by atoms with Crippen LogP contribution in [0, 0.1) is 17.3 Å². The van der Waals surface area contributed by atoms with E-state index < -0.39 is 0 Å². The second-order valence-corrected chi connectivity index (χ2v) is 11.1. The normalized spacial score (nSPS) is 28.2. The zero-order valence-corrected chi connectivity index (χ0v) is 20.5. The highest BCUT2D eigenvalue weighted by Gasteiger charge is 2.42. The first kappa shape index (κ1) is 23.5. The third kappa shape index (κ3) is 5.84. The lowest BCUT2D eigenvalue weighted by atomic mass is 9.57. The molecular weight excluding hydrogens is 398 g/mol. The summed E-state index contributed by atoms with van der Waals surface area (Å²) < 4.78 is 5.03. The lowest BCUT2D eigenvalue weighted by Crippen LogP contribution is -2.47. The maximum Gasteiger partial charge on any atom is 0.302 e. The Kier molecular flexibility index (Phi) is 7.75. The zero-order valence-electron chi connectivity index (χ0n) is 20.5. The largest absolute Gasteiger partial charge is 0.466 e. The molecule has 0 aromatic carbocycles. The molecule has 0 radical (unpaired) electrons. The SMILES string of the molecule is CC(=O)OCCCCN1CCN(c2cccc(C3CCC4C(CCCC4(C)C)C3)n2)CC1. The van der Waals surface area contributed by atoms with Crippen LogP contribution in [-0.2, 0) is 9.53 Å². The molecule has 3 fully saturated rings. The molecule has 2 aliphatic carbocycles. The van der Waals surface area contributed by atoms with Crippen molar-refractivity contribution in [3.63, 3.8) is 0 Å². The number of pyridine rings is 1. The highest BCUT2D eigenvalue weighted by atomic mass is 16.5. The van der Waals surface area contributed by atoms with Crippen LogP contribution in [-0.4, -0.2) is 55.2 Å². The molecule has 2 heterocycles. The quantitative estimate of drug-likeness (QED) is 0.427. The number of aromatic nitrogens is 1. The number of anilines is 1. The molecule has 3 atom stereocenters. The number of piperazine rings is 1. The van der Waals surface area contributed by atoms with Gasteiger partial charge in [0.2, 0.25) is 0 Å². The Balaban J connectivity index is 1.26. The van der Waals surface area contributed by atoms with Crippen LogP contribution in [0.4, 0.5) is 5.82 Å². The van der Waals surface area contributed by atoms with Gasteiger partial charge < -0.3 is 9.64 Å². The number of carbonyl (C=O) groups excluding carboxylic acids is 1. The van der Waals surface area contributed by atoms with Gasteiger partial charge in [0.25, 0.3) is 0 Å². The van der Waals surface area contributed by atoms with Crippen molar-refractivity contribution in [1.82, 2.24) is 9.88 Å². The van der Waals surface area contributed by atoms with Gasteiger partial charge in [0.1, 0.15) is 5.82 Å². The van der Waals surface area contributed by atoms with E-state index in [1.807, 2.05) is 0 Å². The molecular formula is C27H43N3O2. The number of carbonyl (C=O) groups is 1. The van der Waals surface area contributed by atoms with Gasteiger partial charge in [0.05, 0.1) is 6.61 Å². The van der Waals surface area contributed by atoms with Gasteiger partial charge in [0.15, 0.2) is 0 Å². The first-order valence-corrected chi connectivity index (χ1v) is 13.0. The summed E-state index contributed by atoms with van der Waals surface area (Å²) in [6.07, 6.45) is 10.3. The molecule has 0 bridgehead atoms. The lowest BCUT2D eigenvalue weighted by Gasteiger charge is -2.48. The molecule has 5 nitrogen and oxygen atoms in total. The Hall–Kier alpha value is -1.62. The van der Waals surface area contributed by atoms with Crippen molar-refractivity contribution in [3.05, 3.63) is 23.9 Å². The van der Waals surface area contributed by atoms with Crippen LogP contribution in [0.15, 0.2) is 18.2 Å². The Morgan fingerprint density at radius 1 is 1.12 bits per heavy atom. The molecule has 0 amide bonds. The fraction of sp³-hybridized carbons (Fsp3) is 0.778. The summed E-state index contributed by atoms with van der Waals surface area (Å²) in [6, 6.07) is 6.71. The van der Waals surface area contributed by atoms with Gasteiger partial charge in [-0.15, -0.1) is 0 Å². The molecule has 1 aromatic rings. The van der Waals surface area contributed by atoms with Crippen LogP contribution < -0.4 is 4.90 Å². The van der Waals surface area contributed by atoms with E-state index in [0.717, 1.165) is 57.4 Å². The van der Waals surface area contributed by atoms with Gasteiger partial charge in [-0.2, -0.15) is 0 Å². The smallest absolute Gasteiger partial charge is 0.302 e. The van der Waals surface area contributed by atoms with E-state index in [9.17, 15) is 4.79 Å². The van der Waals surface area contributed by atoms with E-state index >= 15 is 0 Å². The monoisotopic (exact) mass is 441 g/mol. The van der Waals surface area contributed by atoms with E-state index in [4.69, 9.17) is 9.72 Å². The van der Waals surface area contributed by atoms with Crippen LogP contribution in [0.1, 0.15) is 83.7 Å². The molecule has 3 aliphatic rings. The highest BCUT2D eigenvalue weighted by Crippen LogP contribution is 2.53. The van der Waals surface area contributed by atoms with Gasteiger partial charge in [-0.1, -0.05) is 32.8 Å². The van der Waals surface area contributed by atoms with Crippen molar-refractivity contribution in [2.24, 2.45) is 17.3 Å². The van der Waals surface area contributed by atoms with Crippen LogP contribution in [0.25, 0.3) is 0 Å². The molecule has 0 N–H and O–H groups in total. The first-order chi connectivity index (χ1) is 15.4. The van der Waals surface area contributed by atoms with Crippen molar-refractivity contribution in [3.8, 4) is 0 Å². The van der Waals surface area contributed by atoms with Crippen molar-refractivity contribution in [2.45, 2.75) is 78.1 Å². The van der Waals surface area contributed by atoms with Gasteiger partial charge in [0, 0.05) is 44.7 Å². The summed E-state index contributed by atoms with van der Waals surface area (Å²) in [5.74, 6) is 3.45. The second kappa shape index (κ2) is 10.5. The predicted octanol–water partition coefficient (Wildman–Crippen LogP) is 5.26. The number of unbranched alkanes of at least 4 members (excludes halogenated alkanes) is 1. The number of hydrogen-bond acceptors (Lipinski definition) is 5. The van der Waals surface area contributed by atoms with Gasteiger partial charge >= 0.3 is 5.97 Å². The first-order valence-electron chi connectivity index (χ1n) is 13.0. The Morgan fingerprint density at radius 3 is 2.72 bits per heavy atom. The summed E-state index contributed by atoms with van der Waals surface area (Å²) >= 11 is 0. The molecule has 5 heteroatoms. The molecule has 1 aromatic heterocycles. The van der Waals surface area contributed by atoms with Crippen molar-refractivity contribution in [1.29, 1.82) is 0 Å². The topological polar surface area (TPSA) is 45.7 Å². The molecule has 4 rings (SSSR count). The molecule has 1 aliphatic heterocycles. The van der Waals surface area contributed by atoms with E-state index in [1.165, 1.54) is 57.0 Å². The lowest BCUT2D eigenvalue weighted by molar-refractivity contribution is -0.141. The summed E-state index contributed by atoms with van der Waals surface area (Å²) in [5.41, 5.74) is 1.86. The third-order valence-electron chi connectivity index (χ3n) is 8.43. The van der Waals surface area contributed by atoms with Crippen molar-refractivity contribution >= 4 is 11.8 Å². The maximum absolute atomic E-state index is 10.8. The minimum Gasteiger partial charge on any atom is -0.466 e. The third-order valence-corrected chi connectivity index (χ3v) is 8.43. The van der Waals surface area contributed by atoms with E-state index in [-0.39, 0.29) is 5.97 Å². The number of esters is 1. The summed E-state index contributed by atoms with van der Waals surface area (Å²) in [5, 5.41) is 0. The predicted molar refractivity (Wildman–Crippen MR) is 130 cm³/mol. The number of fused-ring (bicyclic) bond motifs is 1. The highest BCUT2D eigenvalue weighted by molar-refractivity contribution is 5.65. The van der Waals surface area contributed by atoms with Crippen molar-refractivity contribution in [2.75, 3.05) is 44.2 Å². The minimum absolute atomic E-state index is 0.177. The van der Waals surface area contributed by atoms with E-state index in [1.54, 1.807) is 0 Å². The summed E-state index contributed by atoms with van der Waals surface area (Å²) in [6.45, 7) is 12.4. The number of rotatable bonds is 7. The standard InChI is InChI=1S/C27H43N3O2/c1-21(31)32-19-5-4-14-29-15-17-30(18-16-29)26-10-6-9-25(28-26)23-11-12-24-22(20-23)8-7-13-27(24,2)3/h6,9-10,22-24H,4-5,7-8,11-20H2,1-3H3. The van der Waals surface area contributed by atoms with Gasteiger partial charge in [-0.3, -0.25) is 9.69 Å². The van der Waals surface area contributed by atoms with Gasteiger partial charge in [-0.05, 0) is 74.5 Å². The van der Waals surface area contributed by atoms with Crippen LogP contribution in [0.3, 0.4) is 0 Å². The summed E-state index contributed by atoms with van der Waals surface area (Å²) in [7, 11) is 0. The molecule has 178 valence electrons. The molecule has 0 spiro atoms. The molecule has 32 heavy (non-hydrogen) atoms. The van der Waals surface area contributed by atoms with Gasteiger partial charge in [-0.25, -0.2) is 4.98 Å². The molecule has 2 saturated carbocycles. The van der Waals surface area contributed by atoms with Crippen LogP contribution >= 0.6 is 0 Å². The Labute approximate surface area is 194 Å². The van der Waals surface area contributed by atoms with Crippen LogP contribution in [0.5, 0.6) is 0 Å². The fourth-order valence-corrected chi connectivity index (χ4v) is 6.58. The maximum atomic E-state index is 10.8. The summed E-state index contributed by atoms with van der Waals surface area (Å²) in [4.78, 5) is 21.0. The minimum atomic E-state index is -0.177. The fourth-order valence-electron chi connectivity index (χ4n) is 6.58. The van der Waals surface area contributed by atoms with Crippen LogP contribution in [0.2, 0.25) is 0 Å².